The number of rotatable bonds is 6. The molecule has 6 nitrogen and oxygen atoms in total. The van der Waals surface area contributed by atoms with Crippen LogP contribution in [0.5, 0.6) is 11.5 Å². The first-order valence-electron chi connectivity index (χ1n) is 8.68. The van der Waals surface area contributed by atoms with E-state index in [1.54, 1.807) is 19.3 Å². The normalized spacial score (nSPS) is 11.7. The first-order chi connectivity index (χ1) is 14.1. The molecule has 0 bridgehead atoms. The third kappa shape index (κ3) is 3.94. The van der Waals surface area contributed by atoms with Crippen molar-refractivity contribution >= 4 is 38.3 Å². The molecular weight excluding hydrogens is 454 g/mol. The van der Waals surface area contributed by atoms with Crippen molar-refractivity contribution in [3.05, 3.63) is 80.0 Å². The molecule has 0 aliphatic heterocycles. The van der Waals surface area contributed by atoms with E-state index in [-0.39, 0.29) is 5.56 Å². The van der Waals surface area contributed by atoms with Gasteiger partial charge in [0.25, 0.3) is 5.56 Å². The van der Waals surface area contributed by atoms with Crippen molar-refractivity contribution < 1.29 is 9.47 Å². The minimum atomic E-state index is -0.211. The molecule has 0 fully saturated rings. The largest absolute Gasteiger partial charge is 0.496 e. The van der Waals surface area contributed by atoms with E-state index < -0.39 is 0 Å². The maximum atomic E-state index is 12.8. The molecule has 0 amide bonds. The van der Waals surface area contributed by atoms with Gasteiger partial charge in [-0.25, -0.2) is 0 Å². The first kappa shape index (κ1) is 19.4. The van der Waals surface area contributed by atoms with Gasteiger partial charge in [0, 0.05) is 15.6 Å². The molecule has 8 heteroatoms. The third-order valence-corrected chi connectivity index (χ3v) is 5.59. The predicted molar refractivity (Wildman–Crippen MR) is 118 cm³/mol. The highest BCUT2D eigenvalue weighted by molar-refractivity contribution is 9.10. The van der Waals surface area contributed by atoms with Crippen molar-refractivity contribution in [1.82, 2.24) is 14.6 Å². The lowest BCUT2D eigenvalue weighted by molar-refractivity contribution is 0.363. The zero-order valence-corrected chi connectivity index (χ0v) is 17.9. The van der Waals surface area contributed by atoms with E-state index in [4.69, 9.17) is 9.47 Å². The molecule has 0 spiro atoms. The quantitative estimate of drug-likeness (QED) is 0.402. The zero-order valence-electron chi connectivity index (χ0n) is 15.5. The van der Waals surface area contributed by atoms with Gasteiger partial charge in [0.2, 0.25) is 4.96 Å². The zero-order chi connectivity index (χ0) is 20.4. The Hall–Kier alpha value is -2.97. The lowest BCUT2D eigenvalue weighted by Gasteiger charge is -2.04. The fraction of sp³-hybridized carbons (Fsp3) is 0.0952. The Bertz CT molecular complexity index is 1300. The lowest BCUT2D eigenvalue weighted by Crippen LogP contribution is -2.23. The van der Waals surface area contributed by atoms with Gasteiger partial charge in [-0.3, -0.25) is 4.79 Å². The Kier molecular flexibility index (Phi) is 5.46. The second-order valence-corrected chi connectivity index (χ2v) is 7.98. The minimum Gasteiger partial charge on any atom is -0.496 e. The smallest absolute Gasteiger partial charge is 0.291 e. The Labute approximate surface area is 178 Å². The van der Waals surface area contributed by atoms with E-state index in [0.717, 1.165) is 21.3 Å². The number of aromatic nitrogens is 3. The Morgan fingerprint density at radius 3 is 2.72 bits per heavy atom. The number of hydrogen-bond acceptors (Lipinski definition) is 6. The van der Waals surface area contributed by atoms with Crippen LogP contribution >= 0.6 is 27.3 Å². The Morgan fingerprint density at radius 1 is 1.24 bits per heavy atom. The van der Waals surface area contributed by atoms with Crippen molar-refractivity contribution in [2.75, 3.05) is 13.7 Å². The summed E-state index contributed by atoms with van der Waals surface area (Å²) in [5.74, 6) is 1.92. The molecule has 0 aliphatic rings. The van der Waals surface area contributed by atoms with Gasteiger partial charge < -0.3 is 9.47 Å². The highest BCUT2D eigenvalue weighted by atomic mass is 79.9. The maximum absolute atomic E-state index is 12.8. The fourth-order valence-corrected chi connectivity index (χ4v) is 4.05. The number of halogens is 1. The van der Waals surface area contributed by atoms with Gasteiger partial charge in [-0.15, -0.1) is 5.10 Å². The van der Waals surface area contributed by atoms with E-state index in [0.29, 0.717) is 27.7 Å². The summed E-state index contributed by atoms with van der Waals surface area (Å²) in [6.45, 7) is 4.07. The van der Waals surface area contributed by atoms with E-state index in [9.17, 15) is 4.79 Å². The van der Waals surface area contributed by atoms with Crippen LogP contribution in [0, 0.1) is 0 Å². The van der Waals surface area contributed by atoms with Crippen LogP contribution < -0.4 is 19.6 Å². The summed E-state index contributed by atoms with van der Waals surface area (Å²) < 4.78 is 13.6. The number of fused-ring (bicyclic) bond motifs is 1. The van der Waals surface area contributed by atoms with Gasteiger partial charge in [-0.2, -0.15) is 9.50 Å². The van der Waals surface area contributed by atoms with Crippen molar-refractivity contribution in [2.24, 2.45) is 0 Å². The van der Waals surface area contributed by atoms with E-state index >= 15 is 0 Å². The third-order valence-electron chi connectivity index (χ3n) is 4.14. The van der Waals surface area contributed by atoms with Crippen LogP contribution in [0.4, 0.5) is 0 Å². The summed E-state index contributed by atoms with van der Waals surface area (Å²) in [6, 6.07) is 13.0. The standard InChI is InChI=1S/C21H16BrN3O3S/c1-3-10-28-16-7-4-13(5-8-16)19-23-21-25(24-19)20(26)18(29-21)12-14-11-15(22)6-9-17(14)27-2/h3-9,11-12H,1,10H2,2H3. The van der Waals surface area contributed by atoms with Crippen molar-refractivity contribution in [2.45, 2.75) is 0 Å². The second-order valence-electron chi connectivity index (χ2n) is 6.06. The molecule has 0 radical (unpaired) electrons. The average Bonchev–Trinajstić information content (AvgIpc) is 3.27. The summed E-state index contributed by atoms with van der Waals surface area (Å²) in [5.41, 5.74) is 1.40. The van der Waals surface area contributed by atoms with Crippen LogP contribution in [-0.2, 0) is 0 Å². The molecule has 146 valence electrons. The van der Waals surface area contributed by atoms with Crippen LogP contribution in [0.15, 0.2) is 64.4 Å². The number of nitrogens with zero attached hydrogens (tertiary/aromatic N) is 3. The van der Waals surface area contributed by atoms with Crippen LogP contribution in [-0.4, -0.2) is 28.3 Å². The molecule has 4 aromatic rings. The summed E-state index contributed by atoms with van der Waals surface area (Å²) in [5, 5.41) is 4.38. The number of hydrogen-bond donors (Lipinski definition) is 0. The molecule has 0 atom stereocenters. The van der Waals surface area contributed by atoms with Gasteiger partial charge in [-0.05, 0) is 48.5 Å². The van der Waals surface area contributed by atoms with Gasteiger partial charge in [0.05, 0.1) is 11.6 Å². The molecule has 2 heterocycles. The van der Waals surface area contributed by atoms with E-state index in [1.165, 1.54) is 15.9 Å². The van der Waals surface area contributed by atoms with E-state index in [2.05, 4.69) is 32.6 Å². The first-order valence-corrected chi connectivity index (χ1v) is 10.3. The molecule has 0 N–H and O–H groups in total. The number of ether oxygens (including phenoxy) is 2. The molecule has 2 aromatic carbocycles. The molecular formula is C21H16BrN3O3S. The van der Waals surface area contributed by atoms with Gasteiger partial charge >= 0.3 is 0 Å². The Morgan fingerprint density at radius 2 is 2.03 bits per heavy atom. The van der Waals surface area contributed by atoms with Gasteiger partial charge in [-0.1, -0.05) is 39.9 Å². The monoisotopic (exact) mass is 469 g/mol. The molecule has 29 heavy (non-hydrogen) atoms. The highest BCUT2D eigenvalue weighted by Gasteiger charge is 2.13. The number of benzene rings is 2. The fourth-order valence-electron chi connectivity index (χ4n) is 2.77. The van der Waals surface area contributed by atoms with Crippen LogP contribution in [0.2, 0.25) is 0 Å². The second kappa shape index (κ2) is 8.18. The summed E-state index contributed by atoms with van der Waals surface area (Å²) >= 11 is 4.73. The molecule has 0 saturated heterocycles. The van der Waals surface area contributed by atoms with Crippen LogP contribution in [0.3, 0.4) is 0 Å². The summed E-state index contributed by atoms with van der Waals surface area (Å²) in [4.78, 5) is 17.8. The van der Waals surface area contributed by atoms with Gasteiger partial charge in [0.1, 0.15) is 18.1 Å². The van der Waals surface area contributed by atoms with Crippen molar-refractivity contribution in [3.8, 4) is 22.9 Å². The number of methoxy groups -OCH3 is 1. The minimum absolute atomic E-state index is 0.211. The molecule has 0 unspecified atom stereocenters. The van der Waals surface area contributed by atoms with Crippen molar-refractivity contribution in [3.63, 3.8) is 0 Å². The van der Waals surface area contributed by atoms with E-state index in [1.807, 2.05) is 42.5 Å². The predicted octanol–water partition coefficient (Wildman–Crippen LogP) is 3.70. The molecule has 2 aromatic heterocycles. The van der Waals surface area contributed by atoms with Crippen molar-refractivity contribution in [1.29, 1.82) is 0 Å². The molecule has 0 saturated carbocycles. The average molecular weight is 470 g/mol. The van der Waals surface area contributed by atoms with Crippen LogP contribution in [0.25, 0.3) is 22.4 Å². The molecule has 4 rings (SSSR count). The topological polar surface area (TPSA) is 65.7 Å². The lowest BCUT2D eigenvalue weighted by atomic mass is 10.2. The SMILES string of the molecule is C=CCOc1ccc(-c2nc3sc(=Cc4cc(Br)ccc4OC)c(=O)n3n2)cc1. The number of thiazole rings is 1. The summed E-state index contributed by atoms with van der Waals surface area (Å²) in [7, 11) is 1.60. The maximum Gasteiger partial charge on any atom is 0.291 e. The highest BCUT2D eigenvalue weighted by Crippen LogP contribution is 2.24. The summed E-state index contributed by atoms with van der Waals surface area (Å²) in [6.07, 6.45) is 3.48. The Balaban J connectivity index is 1.71. The van der Waals surface area contributed by atoms with Crippen LogP contribution in [0.1, 0.15) is 5.56 Å². The van der Waals surface area contributed by atoms with Gasteiger partial charge in [0.15, 0.2) is 5.82 Å². The molecule has 0 aliphatic carbocycles.